The van der Waals surface area contributed by atoms with Crippen LogP contribution in [0.5, 0.6) is 0 Å². The molecule has 14 heteroatoms. The van der Waals surface area contributed by atoms with Crippen LogP contribution < -0.4 is 5.32 Å². The summed E-state index contributed by atoms with van der Waals surface area (Å²) in [5.74, 6) is -2.59. The van der Waals surface area contributed by atoms with Crippen molar-refractivity contribution in [3.63, 3.8) is 0 Å². The summed E-state index contributed by atoms with van der Waals surface area (Å²) in [4.78, 5) is 16.1. The summed E-state index contributed by atoms with van der Waals surface area (Å²) in [5, 5.41) is 61.0. The summed E-state index contributed by atoms with van der Waals surface area (Å²) in [6.45, 7) is 18.0. The molecule has 0 saturated carbocycles. The van der Waals surface area contributed by atoms with E-state index in [1.165, 1.54) is 14.0 Å². The molecule has 0 amide bonds. The molecule has 3 rings (SSSR count). The smallest absolute Gasteiger partial charge is 0.311 e. The van der Waals surface area contributed by atoms with Gasteiger partial charge in [0.2, 0.25) is 0 Å². The number of methoxy groups -OCH3 is 1. The number of nitrogens with one attached hydrogen (secondary N) is 1. The quantitative estimate of drug-likeness (QED) is 0.207. The van der Waals surface area contributed by atoms with Gasteiger partial charge >= 0.3 is 5.97 Å². The van der Waals surface area contributed by atoms with Gasteiger partial charge in [0.25, 0.3) is 0 Å². The van der Waals surface area contributed by atoms with E-state index in [-0.39, 0.29) is 37.3 Å². The summed E-state index contributed by atoms with van der Waals surface area (Å²) in [6, 6.07) is -0.858. The maximum Gasteiger partial charge on any atom is 0.311 e. The first-order valence-corrected chi connectivity index (χ1v) is 18.8. The molecule has 6 N–H and O–H groups in total. The zero-order valence-corrected chi connectivity index (χ0v) is 33.2. The minimum absolute atomic E-state index is 0.132. The van der Waals surface area contributed by atoms with Crippen molar-refractivity contribution in [2.75, 3.05) is 27.7 Å². The van der Waals surface area contributed by atoms with E-state index in [0.29, 0.717) is 13.0 Å². The highest BCUT2D eigenvalue weighted by molar-refractivity contribution is 5.73. The van der Waals surface area contributed by atoms with E-state index < -0.39 is 96.0 Å². The van der Waals surface area contributed by atoms with Gasteiger partial charge in [-0.3, -0.25) is 4.79 Å². The Morgan fingerprint density at radius 2 is 1.59 bits per heavy atom. The Morgan fingerprint density at radius 1 is 0.961 bits per heavy atom. The van der Waals surface area contributed by atoms with Gasteiger partial charge in [0.15, 0.2) is 12.6 Å². The number of ether oxygens (including phenoxy) is 6. The molecule has 0 aromatic heterocycles. The Labute approximate surface area is 305 Å². The number of esters is 1. The maximum atomic E-state index is 14.2. The van der Waals surface area contributed by atoms with Crippen LogP contribution in [0.2, 0.25) is 0 Å². The molecule has 0 aromatic rings. The molecule has 3 heterocycles. The highest BCUT2D eigenvalue weighted by Gasteiger charge is 2.52. The van der Waals surface area contributed by atoms with Gasteiger partial charge in [0.1, 0.15) is 30.0 Å². The van der Waals surface area contributed by atoms with Gasteiger partial charge in [-0.2, -0.15) is 0 Å². The van der Waals surface area contributed by atoms with E-state index in [1.54, 1.807) is 48.6 Å². The van der Waals surface area contributed by atoms with E-state index in [4.69, 9.17) is 28.4 Å². The molecule has 3 saturated heterocycles. The van der Waals surface area contributed by atoms with Crippen LogP contribution in [0, 0.1) is 17.8 Å². The third kappa shape index (κ3) is 10.0. The molecule has 14 nitrogen and oxygen atoms in total. The Kier molecular flexibility index (Phi) is 15.3. The standard InChI is InChI=1S/C37H70N2O12/c1-14-26-37(10,45)30(41)23(6)39(12)18-19(2)16-35(8,44)32(51-34-28(40)25(38-11)15-20(3)47-34)21(4)29(22(5)33(43)49-26)50-27-17-36(9,46-13)31(42)24(7)48-27/h19-32,34,38,40-42,44-45H,14-18H2,1-13H3/t19-,20?,21+,22+,23+,24?,25?,26-,27?,28?,29+,30+,31?,32-,34?,35+,36?,37?/m0/s1. The number of cyclic esters (lactones) is 1. The number of carbonyl (C=O) groups excluding carboxylic acids is 1. The average Bonchev–Trinajstić information content (AvgIpc) is 3.05. The number of hydrogen-bond donors (Lipinski definition) is 6. The van der Waals surface area contributed by atoms with Gasteiger partial charge in [0, 0.05) is 38.1 Å². The molecular formula is C37H70N2O12. The number of likely N-dealkylation sites (N-methyl/N-ethyl adjacent to an activating group) is 2. The fraction of sp³-hybridized carbons (Fsp3) is 0.973. The number of carbonyl (C=O) groups is 1. The molecule has 3 fully saturated rings. The Hall–Kier alpha value is -1.01. The summed E-state index contributed by atoms with van der Waals surface area (Å²) >= 11 is 0. The van der Waals surface area contributed by atoms with E-state index in [0.717, 1.165) is 0 Å². The minimum Gasteiger partial charge on any atom is -0.459 e. The lowest BCUT2D eigenvalue weighted by molar-refractivity contribution is -0.316. The van der Waals surface area contributed by atoms with E-state index in [2.05, 4.69) is 5.32 Å². The largest absolute Gasteiger partial charge is 0.459 e. The molecule has 3 aliphatic heterocycles. The fourth-order valence-corrected chi connectivity index (χ4v) is 8.53. The second-order valence-corrected chi connectivity index (χ2v) is 16.5. The van der Waals surface area contributed by atoms with Crippen molar-refractivity contribution in [3.8, 4) is 0 Å². The van der Waals surface area contributed by atoms with Crippen LogP contribution in [0.15, 0.2) is 0 Å². The molecule has 0 aromatic carbocycles. The molecule has 0 spiro atoms. The minimum atomic E-state index is -1.80. The second-order valence-electron chi connectivity index (χ2n) is 16.5. The highest BCUT2D eigenvalue weighted by atomic mass is 16.7. The number of aliphatic hydroxyl groups excluding tert-OH is 3. The SMILES string of the molecule is CC[C@@H]1OC(=O)[C@H](C)[C@H](OC2CC(C)(OC)C(O)C(C)O2)[C@@H](C)[C@H](OC2OC(C)CC(NC)C2O)[C@](C)(O)C[C@H](C)CN(C)[C@H](C)[C@@H](O)C1(C)O. The normalized spacial score (nSPS) is 50.2. The van der Waals surface area contributed by atoms with Crippen LogP contribution in [0.25, 0.3) is 0 Å². The van der Waals surface area contributed by atoms with Crippen LogP contribution in [-0.4, -0.2) is 154 Å². The van der Waals surface area contributed by atoms with Gasteiger partial charge < -0.3 is 64.2 Å². The Morgan fingerprint density at radius 3 is 2.16 bits per heavy atom. The van der Waals surface area contributed by atoms with Gasteiger partial charge in [-0.25, -0.2) is 0 Å². The number of aliphatic hydroxyl groups is 5. The van der Waals surface area contributed by atoms with Crippen LogP contribution >= 0.6 is 0 Å². The topological polar surface area (TPSA) is 189 Å². The fourth-order valence-electron chi connectivity index (χ4n) is 8.53. The number of hydrogen-bond acceptors (Lipinski definition) is 14. The van der Waals surface area contributed by atoms with Crippen LogP contribution in [0.3, 0.4) is 0 Å². The van der Waals surface area contributed by atoms with Crippen molar-refractivity contribution >= 4 is 5.97 Å². The summed E-state index contributed by atoms with van der Waals surface area (Å²) < 4.78 is 37.3. The summed E-state index contributed by atoms with van der Waals surface area (Å²) in [7, 11) is 5.10. The van der Waals surface area contributed by atoms with Gasteiger partial charge in [0.05, 0.1) is 41.5 Å². The first-order chi connectivity index (χ1) is 23.5. The Balaban J connectivity index is 2.16. The number of rotatable bonds is 7. The van der Waals surface area contributed by atoms with E-state index in [1.807, 2.05) is 32.7 Å². The zero-order chi connectivity index (χ0) is 38.8. The summed E-state index contributed by atoms with van der Waals surface area (Å²) in [5.41, 5.74) is -4.37. The maximum absolute atomic E-state index is 14.2. The molecule has 0 bridgehead atoms. The van der Waals surface area contributed by atoms with Crippen molar-refractivity contribution in [2.24, 2.45) is 17.8 Å². The van der Waals surface area contributed by atoms with Crippen molar-refractivity contribution in [1.29, 1.82) is 0 Å². The lowest BCUT2D eigenvalue weighted by Crippen LogP contribution is -2.60. The lowest BCUT2D eigenvalue weighted by atomic mass is 9.77. The predicted octanol–water partition coefficient (Wildman–Crippen LogP) is 1.56. The molecule has 0 radical (unpaired) electrons. The van der Waals surface area contributed by atoms with Crippen LogP contribution in [0.1, 0.15) is 94.9 Å². The van der Waals surface area contributed by atoms with Crippen LogP contribution in [-0.2, 0) is 33.2 Å². The first-order valence-electron chi connectivity index (χ1n) is 18.8. The first kappa shape index (κ1) is 44.4. The third-order valence-electron chi connectivity index (χ3n) is 11.9. The molecular weight excluding hydrogens is 664 g/mol. The highest BCUT2D eigenvalue weighted by Crippen LogP contribution is 2.40. The van der Waals surface area contributed by atoms with Crippen molar-refractivity contribution in [2.45, 2.75) is 185 Å². The van der Waals surface area contributed by atoms with Gasteiger partial charge in [-0.15, -0.1) is 0 Å². The van der Waals surface area contributed by atoms with Gasteiger partial charge in [-0.1, -0.05) is 20.8 Å². The van der Waals surface area contributed by atoms with Crippen molar-refractivity contribution in [3.05, 3.63) is 0 Å². The summed E-state index contributed by atoms with van der Waals surface area (Å²) in [6.07, 6.45) is -8.24. The van der Waals surface area contributed by atoms with E-state index >= 15 is 0 Å². The lowest BCUT2D eigenvalue weighted by Gasteiger charge is -2.48. The number of nitrogens with zero attached hydrogens (tertiary/aromatic N) is 1. The zero-order valence-electron chi connectivity index (χ0n) is 33.2. The van der Waals surface area contributed by atoms with Crippen molar-refractivity contribution < 1.29 is 58.7 Å². The third-order valence-corrected chi connectivity index (χ3v) is 11.9. The van der Waals surface area contributed by atoms with Crippen LogP contribution in [0.4, 0.5) is 0 Å². The second kappa shape index (κ2) is 17.6. The average molecular weight is 735 g/mol. The predicted molar refractivity (Wildman–Crippen MR) is 190 cm³/mol. The van der Waals surface area contributed by atoms with Gasteiger partial charge in [-0.05, 0) is 87.7 Å². The molecule has 300 valence electrons. The monoisotopic (exact) mass is 734 g/mol. The van der Waals surface area contributed by atoms with E-state index in [9.17, 15) is 30.3 Å². The Bertz CT molecular complexity index is 1110. The molecule has 3 aliphatic rings. The molecule has 51 heavy (non-hydrogen) atoms. The molecule has 18 atom stereocenters. The molecule has 0 aliphatic carbocycles. The van der Waals surface area contributed by atoms with Crippen molar-refractivity contribution in [1.82, 2.24) is 10.2 Å². The molecule has 9 unspecified atom stereocenters.